The first kappa shape index (κ1) is 24.0. The highest BCUT2D eigenvalue weighted by molar-refractivity contribution is 7.89. The summed E-state index contributed by atoms with van der Waals surface area (Å²) >= 11 is 0. The minimum atomic E-state index is -3.74. The van der Waals surface area contributed by atoms with Crippen molar-refractivity contribution in [3.05, 3.63) is 59.2 Å². The van der Waals surface area contributed by atoms with Crippen LogP contribution in [-0.2, 0) is 24.3 Å². The normalized spacial score (nSPS) is 10.9. The van der Waals surface area contributed by atoms with Gasteiger partial charge in [0.2, 0.25) is 15.9 Å². The van der Waals surface area contributed by atoms with Crippen molar-refractivity contribution < 1.29 is 27.5 Å². The van der Waals surface area contributed by atoms with Crippen molar-refractivity contribution >= 4 is 33.5 Å². The van der Waals surface area contributed by atoms with Gasteiger partial charge < -0.3 is 15.4 Å². The number of hydrogen-bond donors (Lipinski definition) is 3. The van der Waals surface area contributed by atoms with Crippen LogP contribution in [0.2, 0.25) is 0 Å². The van der Waals surface area contributed by atoms with Crippen LogP contribution in [-0.4, -0.2) is 46.4 Å². The monoisotopic (exact) mass is 447 g/mol. The second kappa shape index (κ2) is 10.7. The zero-order chi connectivity index (χ0) is 23.0. The Labute approximate surface area is 181 Å². The quantitative estimate of drug-likeness (QED) is 0.500. The molecule has 3 N–H and O–H groups in total. The van der Waals surface area contributed by atoms with Crippen LogP contribution >= 0.6 is 0 Å². The molecule has 31 heavy (non-hydrogen) atoms. The van der Waals surface area contributed by atoms with Crippen LogP contribution in [0.3, 0.4) is 0 Å². The van der Waals surface area contributed by atoms with Crippen molar-refractivity contribution in [3.8, 4) is 0 Å². The second-order valence-electron chi connectivity index (χ2n) is 6.80. The van der Waals surface area contributed by atoms with Gasteiger partial charge in [-0.25, -0.2) is 13.1 Å². The van der Waals surface area contributed by atoms with E-state index in [0.29, 0.717) is 11.3 Å². The third-order valence-electron chi connectivity index (χ3n) is 4.31. The van der Waals surface area contributed by atoms with E-state index in [1.54, 1.807) is 38.1 Å². The number of sulfonamides is 1. The van der Waals surface area contributed by atoms with Crippen molar-refractivity contribution in [1.82, 2.24) is 10.0 Å². The molecule has 0 heterocycles. The fourth-order valence-corrected chi connectivity index (χ4v) is 4.02. The molecule has 0 spiro atoms. The van der Waals surface area contributed by atoms with Crippen LogP contribution in [0.5, 0.6) is 0 Å². The first-order valence-electron chi connectivity index (χ1n) is 9.44. The Morgan fingerprint density at radius 1 is 1.03 bits per heavy atom. The van der Waals surface area contributed by atoms with Crippen molar-refractivity contribution in [2.75, 3.05) is 25.5 Å². The first-order valence-corrected chi connectivity index (χ1v) is 10.9. The van der Waals surface area contributed by atoms with E-state index in [4.69, 9.17) is 0 Å². The van der Waals surface area contributed by atoms with Gasteiger partial charge in [-0.2, -0.15) is 0 Å². The number of carbonyl (C=O) groups is 3. The molecule has 2 aromatic rings. The number of amides is 2. The average Bonchev–Trinajstić information content (AvgIpc) is 2.73. The van der Waals surface area contributed by atoms with Crippen molar-refractivity contribution in [2.45, 2.75) is 25.2 Å². The lowest BCUT2D eigenvalue weighted by atomic mass is 10.2. The Morgan fingerprint density at radius 3 is 2.48 bits per heavy atom. The number of ether oxygens (including phenoxy) is 1. The highest BCUT2D eigenvalue weighted by atomic mass is 32.2. The molecule has 166 valence electrons. The molecule has 0 aromatic heterocycles. The fraction of sp³-hybridized carbons (Fsp3) is 0.286. The summed E-state index contributed by atoms with van der Waals surface area (Å²) in [6.07, 6.45) is -0.0944. The highest BCUT2D eigenvalue weighted by Crippen LogP contribution is 2.16. The van der Waals surface area contributed by atoms with E-state index in [1.165, 1.54) is 19.2 Å². The summed E-state index contributed by atoms with van der Waals surface area (Å²) in [5.74, 6) is -1.50. The van der Waals surface area contributed by atoms with Crippen LogP contribution < -0.4 is 15.4 Å². The Balaban J connectivity index is 1.91. The number of benzene rings is 2. The molecule has 0 atom stereocenters. The van der Waals surface area contributed by atoms with Crippen molar-refractivity contribution in [1.29, 1.82) is 0 Å². The molecular weight excluding hydrogens is 422 g/mol. The van der Waals surface area contributed by atoms with Gasteiger partial charge in [0.05, 0.1) is 12.0 Å². The third kappa shape index (κ3) is 7.19. The van der Waals surface area contributed by atoms with E-state index in [0.717, 1.165) is 5.56 Å². The summed E-state index contributed by atoms with van der Waals surface area (Å²) < 4.78 is 31.8. The topological polar surface area (TPSA) is 131 Å². The maximum atomic E-state index is 12.5. The molecular formula is C21H25N3O6S. The maximum Gasteiger partial charge on any atom is 0.325 e. The van der Waals surface area contributed by atoms with E-state index >= 15 is 0 Å². The lowest BCUT2D eigenvalue weighted by Gasteiger charge is -2.11. The molecule has 9 nitrogen and oxygen atoms in total. The van der Waals surface area contributed by atoms with Gasteiger partial charge in [0.25, 0.3) is 5.91 Å². The zero-order valence-electron chi connectivity index (χ0n) is 17.5. The molecule has 2 aromatic carbocycles. The summed E-state index contributed by atoms with van der Waals surface area (Å²) in [6, 6.07) is 11.3. The van der Waals surface area contributed by atoms with Crippen LogP contribution in [0.15, 0.2) is 47.4 Å². The molecule has 0 saturated heterocycles. The maximum absolute atomic E-state index is 12.5. The van der Waals surface area contributed by atoms with E-state index in [-0.39, 0.29) is 30.0 Å². The van der Waals surface area contributed by atoms with Gasteiger partial charge >= 0.3 is 5.97 Å². The summed E-state index contributed by atoms with van der Waals surface area (Å²) in [5.41, 5.74) is 2.05. The smallest absolute Gasteiger partial charge is 0.325 e. The largest absolute Gasteiger partial charge is 0.468 e. The fourth-order valence-electron chi connectivity index (χ4n) is 2.66. The summed E-state index contributed by atoms with van der Waals surface area (Å²) in [6.45, 7) is 3.15. The Kier molecular flexibility index (Phi) is 8.29. The standard InChI is InChI=1S/C21H25N3O6S/c1-14-7-8-15(2)18(11-14)31(28,29)23-10-9-19(25)24-17-6-4-5-16(12-17)21(27)22-13-20(26)30-3/h4-8,11-12,23H,9-10,13H2,1-3H3,(H,22,27)(H,24,25). The van der Waals surface area contributed by atoms with Crippen LogP contribution in [0, 0.1) is 13.8 Å². The summed E-state index contributed by atoms with van der Waals surface area (Å²) in [5, 5.41) is 5.02. The van der Waals surface area contributed by atoms with Gasteiger partial charge in [-0.05, 0) is 49.2 Å². The number of hydrogen-bond acceptors (Lipinski definition) is 6. The Bertz CT molecular complexity index is 1080. The molecule has 10 heteroatoms. The Morgan fingerprint density at radius 2 is 1.77 bits per heavy atom. The molecule has 0 fully saturated rings. The number of anilines is 1. The molecule has 0 saturated carbocycles. The van der Waals surface area contributed by atoms with E-state index in [1.807, 2.05) is 6.07 Å². The van der Waals surface area contributed by atoms with E-state index < -0.39 is 27.8 Å². The molecule has 0 bridgehead atoms. The second-order valence-corrected chi connectivity index (χ2v) is 8.54. The number of aryl methyl sites for hydroxylation is 2. The van der Waals surface area contributed by atoms with Gasteiger partial charge in [0, 0.05) is 24.2 Å². The average molecular weight is 448 g/mol. The van der Waals surface area contributed by atoms with Gasteiger partial charge in [0.1, 0.15) is 6.54 Å². The predicted octanol–water partition coefficient (Wildman–Crippen LogP) is 1.51. The zero-order valence-corrected chi connectivity index (χ0v) is 18.3. The number of rotatable bonds is 9. The predicted molar refractivity (Wildman–Crippen MR) is 115 cm³/mol. The number of carbonyl (C=O) groups excluding carboxylic acids is 3. The van der Waals surface area contributed by atoms with E-state index in [9.17, 15) is 22.8 Å². The van der Waals surface area contributed by atoms with E-state index in [2.05, 4.69) is 20.1 Å². The summed E-state index contributed by atoms with van der Waals surface area (Å²) in [7, 11) is -2.52. The van der Waals surface area contributed by atoms with Crippen LogP contribution in [0.4, 0.5) is 5.69 Å². The minimum Gasteiger partial charge on any atom is -0.468 e. The molecule has 0 aliphatic heterocycles. The highest BCUT2D eigenvalue weighted by Gasteiger charge is 2.17. The molecule has 0 aliphatic rings. The lowest BCUT2D eigenvalue weighted by molar-refractivity contribution is -0.139. The molecule has 0 aliphatic carbocycles. The van der Waals surface area contributed by atoms with Gasteiger partial charge in [-0.15, -0.1) is 0 Å². The molecule has 0 radical (unpaired) electrons. The number of esters is 1. The molecule has 2 rings (SSSR count). The Hall–Kier alpha value is -3.24. The lowest BCUT2D eigenvalue weighted by Crippen LogP contribution is -2.30. The SMILES string of the molecule is COC(=O)CNC(=O)c1cccc(NC(=O)CCNS(=O)(=O)c2cc(C)ccc2C)c1. The third-order valence-corrected chi connectivity index (χ3v) is 5.91. The molecule has 2 amide bonds. The van der Waals surface area contributed by atoms with Crippen LogP contribution in [0.1, 0.15) is 27.9 Å². The van der Waals surface area contributed by atoms with Gasteiger partial charge in [-0.1, -0.05) is 18.2 Å². The number of methoxy groups -OCH3 is 1. The van der Waals surface area contributed by atoms with Gasteiger partial charge in [-0.3, -0.25) is 14.4 Å². The van der Waals surface area contributed by atoms with Crippen molar-refractivity contribution in [3.63, 3.8) is 0 Å². The first-order chi connectivity index (χ1) is 14.6. The van der Waals surface area contributed by atoms with Crippen molar-refractivity contribution in [2.24, 2.45) is 0 Å². The summed E-state index contributed by atoms with van der Waals surface area (Å²) in [4.78, 5) is 35.5. The minimum absolute atomic E-state index is 0.0825. The molecule has 0 unspecified atom stereocenters. The number of nitrogens with one attached hydrogen (secondary N) is 3. The van der Waals surface area contributed by atoms with Crippen LogP contribution in [0.25, 0.3) is 0 Å². The van der Waals surface area contributed by atoms with Gasteiger partial charge in [0.15, 0.2) is 0 Å².